The molecule has 0 aromatic heterocycles. The molecule has 0 spiro atoms. The lowest BCUT2D eigenvalue weighted by Gasteiger charge is -2.09. The number of carbonyl (C=O) groups is 1. The van der Waals surface area contributed by atoms with Crippen molar-refractivity contribution in [1.29, 1.82) is 0 Å². The number of anilines is 1. The highest BCUT2D eigenvalue weighted by Gasteiger charge is 2.26. The molecule has 1 N–H and O–H groups in total. The number of hydrogen-bond acceptors (Lipinski definition) is 3. The fourth-order valence-corrected chi connectivity index (χ4v) is 2.72. The molecular formula is C15H12ClF2NO3S. The lowest BCUT2D eigenvalue weighted by Crippen LogP contribution is -2.14. The van der Waals surface area contributed by atoms with Crippen molar-refractivity contribution in [3.05, 3.63) is 58.6 Å². The van der Waals surface area contributed by atoms with Gasteiger partial charge in [-0.05, 0) is 48.9 Å². The van der Waals surface area contributed by atoms with Crippen LogP contribution in [0.15, 0.2) is 47.4 Å². The van der Waals surface area contributed by atoms with Crippen molar-refractivity contribution in [2.75, 3.05) is 5.32 Å². The first-order chi connectivity index (χ1) is 10.7. The molecule has 2 aromatic carbocycles. The number of benzene rings is 2. The van der Waals surface area contributed by atoms with Crippen LogP contribution < -0.4 is 5.32 Å². The summed E-state index contributed by atoms with van der Waals surface area (Å²) >= 11 is 5.86. The van der Waals surface area contributed by atoms with Crippen molar-refractivity contribution >= 4 is 33.0 Å². The predicted molar refractivity (Wildman–Crippen MR) is 83.8 cm³/mol. The maximum absolute atomic E-state index is 12.4. The van der Waals surface area contributed by atoms with Crippen LogP contribution in [0.25, 0.3) is 0 Å². The van der Waals surface area contributed by atoms with Crippen LogP contribution in [0.3, 0.4) is 0 Å². The zero-order valence-corrected chi connectivity index (χ0v) is 13.5. The van der Waals surface area contributed by atoms with Crippen LogP contribution in [-0.4, -0.2) is 20.1 Å². The quantitative estimate of drug-likeness (QED) is 0.900. The van der Waals surface area contributed by atoms with Crippen molar-refractivity contribution in [2.45, 2.75) is 17.6 Å². The van der Waals surface area contributed by atoms with E-state index in [1.807, 2.05) is 0 Å². The Morgan fingerprint density at radius 2 is 1.74 bits per heavy atom. The molecule has 2 aromatic rings. The molecule has 0 atom stereocenters. The monoisotopic (exact) mass is 359 g/mol. The second-order valence-corrected chi connectivity index (χ2v) is 7.10. The standard InChI is InChI=1S/C15H12ClF2NO3S/c1-9-2-5-11(16)8-13(9)19-14(20)10-3-6-12(7-4-10)23(21,22)15(17)18/h2-8,15H,1H3,(H,19,20). The Bertz CT molecular complexity index is 836. The van der Waals surface area contributed by atoms with E-state index in [4.69, 9.17) is 11.6 Å². The minimum absolute atomic E-state index is 0.137. The van der Waals surface area contributed by atoms with E-state index in [9.17, 15) is 22.0 Å². The number of alkyl halides is 2. The van der Waals surface area contributed by atoms with Crippen LogP contribution in [-0.2, 0) is 9.84 Å². The molecule has 122 valence electrons. The molecule has 0 aliphatic rings. The largest absolute Gasteiger partial charge is 0.341 e. The number of hydrogen-bond donors (Lipinski definition) is 1. The molecule has 0 saturated heterocycles. The molecule has 4 nitrogen and oxygen atoms in total. The number of amides is 1. The van der Waals surface area contributed by atoms with Gasteiger partial charge >= 0.3 is 5.76 Å². The summed E-state index contributed by atoms with van der Waals surface area (Å²) in [7, 11) is -4.67. The normalized spacial score (nSPS) is 11.5. The van der Waals surface area contributed by atoms with E-state index < -0.39 is 26.4 Å². The van der Waals surface area contributed by atoms with Crippen molar-refractivity contribution in [3.63, 3.8) is 0 Å². The minimum atomic E-state index is -4.67. The Balaban J connectivity index is 2.23. The van der Waals surface area contributed by atoms with E-state index in [0.29, 0.717) is 10.7 Å². The van der Waals surface area contributed by atoms with Gasteiger partial charge in [0.1, 0.15) is 0 Å². The Labute approximate surface area is 137 Å². The first-order valence-corrected chi connectivity index (χ1v) is 8.34. The molecule has 0 radical (unpaired) electrons. The van der Waals surface area contributed by atoms with E-state index in [1.54, 1.807) is 25.1 Å². The molecule has 0 aliphatic heterocycles. The topological polar surface area (TPSA) is 63.2 Å². The van der Waals surface area contributed by atoms with Gasteiger partial charge in [0, 0.05) is 16.3 Å². The summed E-state index contributed by atoms with van der Waals surface area (Å²) in [5.74, 6) is -4.01. The van der Waals surface area contributed by atoms with Crippen molar-refractivity contribution < 1.29 is 22.0 Å². The highest BCUT2D eigenvalue weighted by Crippen LogP contribution is 2.22. The zero-order chi connectivity index (χ0) is 17.2. The number of aryl methyl sites for hydroxylation is 1. The van der Waals surface area contributed by atoms with Gasteiger partial charge in [0.15, 0.2) is 0 Å². The number of nitrogens with one attached hydrogen (secondary N) is 1. The van der Waals surface area contributed by atoms with Crippen LogP contribution in [0.5, 0.6) is 0 Å². The Hall–Kier alpha value is -1.99. The average Bonchev–Trinajstić information content (AvgIpc) is 2.50. The molecule has 0 saturated carbocycles. The van der Waals surface area contributed by atoms with Crippen molar-refractivity contribution in [1.82, 2.24) is 0 Å². The van der Waals surface area contributed by atoms with Gasteiger partial charge in [0.05, 0.1) is 4.90 Å². The summed E-state index contributed by atoms with van der Waals surface area (Å²) in [5, 5.41) is 3.08. The van der Waals surface area contributed by atoms with E-state index in [-0.39, 0.29) is 5.56 Å². The molecule has 1 amide bonds. The van der Waals surface area contributed by atoms with Crippen LogP contribution in [0.2, 0.25) is 5.02 Å². The summed E-state index contributed by atoms with van der Waals surface area (Å²) < 4.78 is 47.5. The lowest BCUT2D eigenvalue weighted by molar-refractivity contribution is 0.102. The van der Waals surface area contributed by atoms with Gasteiger partial charge in [0.25, 0.3) is 5.91 Å². The van der Waals surface area contributed by atoms with Crippen molar-refractivity contribution in [2.24, 2.45) is 0 Å². The van der Waals surface area contributed by atoms with Gasteiger partial charge in [-0.15, -0.1) is 0 Å². The fourth-order valence-electron chi connectivity index (χ4n) is 1.82. The first kappa shape index (κ1) is 17.4. The maximum Gasteiger partial charge on any atom is 0.341 e. The Morgan fingerprint density at radius 1 is 1.13 bits per heavy atom. The number of rotatable bonds is 4. The van der Waals surface area contributed by atoms with Crippen LogP contribution in [0, 0.1) is 6.92 Å². The summed E-state index contributed by atoms with van der Waals surface area (Å²) in [6.07, 6.45) is 0. The lowest BCUT2D eigenvalue weighted by atomic mass is 10.1. The summed E-state index contributed by atoms with van der Waals surface area (Å²) in [5.41, 5.74) is 1.43. The molecule has 0 aliphatic carbocycles. The van der Waals surface area contributed by atoms with Gasteiger partial charge in [-0.1, -0.05) is 17.7 Å². The van der Waals surface area contributed by atoms with Crippen molar-refractivity contribution in [3.8, 4) is 0 Å². The van der Waals surface area contributed by atoms with Gasteiger partial charge in [0.2, 0.25) is 9.84 Å². The third kappa shape index (κ3) is 3.86. The van der Waals surface area contributed by atoms with Gasteiger partial charge in [-0.2, -0.15) is 8.78 Å². The van der Waals surface area contributed by atoms with E-state index in [0.717, 1.165) is 17.7 Å². The average molecular weight is 360 g/mol. The van der Waals surface area contributed by atoms with Crippen LogP contribution >= 0.6 is 11.6 Å². The number of carbonyl (C=O) groups excluding carboxylic acids is 1. The molecule has 2 rings (SSSR count). The third-order valence-electron chi connectivity index (χ3n) is 3.13. The smallest absolute Gasteiger partial charge is 0.322 e. The highest BCUT2D eigenvalue weighted by molar-refractivity contribution is 7.91. The Morgan fingerprint density at radius 3 is 2.30 bits per heavy atom. The highest BCUT2D eigenvalue weighted by atomic mass is 35.5. The second kappa shape index (κ2) is 6.64. The Kier molecular flexibility index (Phi) is 5.01. The molecule has 0 bridgehead atoms. The predicted octanol–water partition coefficient (Wildman–Crippen LogP) is 3.90. The summed E-state index contributed by atoms with van der Waals surface area (Å²) in [4.78, 5) is 11.6. The number of halogens is 3. The molecule has 0 fully saturated rings. The van der Waals surface area contributed by atoms with Gasteiger partial charge in [-0.3, -0.25) is 4.79 Å². The zero-order valence-electron chi connectivity index (χ0n) is 11.9. The van der Waals surface area contributed by atoms with Crippen LogP contribution in [0.4, 0.5) is 14.5 Å². The van der Waals surface area contributed by atoms with E-state index >= 15 is 0 Å². The molecule has 8 heteroatoms. The third-order valence-corrected chi connectivity index (χ3v) is 4.76. The maximum atomic E-state index is 12.4. The first-order valence-electron chi connectivity index (χ1n) is 6.41. The van der Waals surface area contributed by atoms with Gasteiger partial charge in [-0.25, -0.2) is 8.42 Å². The summed E-state index contributed by atoms with van der Waals surface area (Å²) in [6.45, 7) is 1.78. The van der Waals surface area contributed by atoms with E-state index in [1.165, 1.54) is 12.1 Å². The van der Waals surface area contributed by atoms with Gasteiger partial charge < -0.3 is 5.32 Å². The molecule has 23 heavy (non-hydrogen) atoms. The van der Waals surface area contributed by atoms with E-state index in [2.05, 4.69) is 5.32 Å². The molecular weight excluding hydrogens is 348 g/mol. The SMILES string of the molecule is Cc1ccc(Cl)cc1NC(=O)c1ccc(S(=O)(=O)C(F)F)cc1. The summed E-state index contributed by atoms with van der Waals surface area (Å²) in [6, 6.07) is 9.27. The van der Waals surface area contributed by atoms with Crippen LogP contribution in [0.1, 0.15) is 15.9 Å². The minimum Gasteiger partial charge on any atom is -0.322 e. The number of sulfone groups is 1. The fraction of sp³-hybridized carbons (Fsp3) is 0.133. The molecule has 0 unspecified atom stereocenters. The second-order valence-electron chi connectivity index (χ2n) is 4.74. The molecule has 0 heterocycles.